The fourth-order valence-electron chi connectivity index (χ4n) is 3.88. The smallest absolute Gasteiger partial charge is 0.336 e. The Hall–Kier alpha value is -2.14. The van der Waals surface area contributed by atoms with E-state index in [0.29, 0.717) is 18.0 Å². The normalized spacial score (nSPS) is 15.9. The number of nitrogens with zero attached hydrogens (tertiary/aromatic N) is 2. The van der Waals surface area contributed by atoms with Crippen molar-refractivity contribution in [2.75, 3.05) is 26.2 Å². The van der Waals surface area contributed by atoms with E-state index in [4.69, 9.17) is 4.42 Å². The van der Waals surface area contributed by atoms with Crippen molar-refractivity contribution in [2.45, 2.75) is 47.1 Å². The van der Waals surface area contributed by atoms with Gasteiger partial charge in [0.1, 0.15) is 5.58 Å². The van der Waals surface area contributed by atoms with Crippen LogP contribution >= 0.6 is 0 Å². The minimum atomic E-state index is -0.303. The summed E-state index contributed by atoms with van der Waals surface area (Å²) in [5.74, 6) is 0.675. The maximum atomic E-state index is 12.2. The molecule has 0 unspecified atom stereocenters. The van der Waals surface area contributed by atoms with E-state index in [0.717, 1.165) is 42.7 Å². The molecule has 1 amide bonds. The van der Waals surface area contributed by atoms with E-state index < -0.39 is 0 Å². The number of hydrogen-bond acceptors (Lipinski definition) is 4. The summed E-state index contributed by atoms with van der Waals surface area (Å²) in [6.45, 7) is 14.1. The molecular weight excluding hydrogens is 340 g/mol. The van der Waals surface area contributed by atoms with Gasteiger partial charge in [-0.3, -0.25) is 9.69 Å². The maximum Gasteiger partial charge on any atom is 0.336 e. The highest BCUT2D eigenvalue weighted by atomic mass is 16.4. The van der Waals surface area contributed by atoms with Crippen LogP contribution in [0.25, 0.3) is 11.0 Å². The Kier molecular flexibility index (Phi) is 5.70. The van der Waals surface area contributed by atoms with Crippen molar-refractivity contribution < 1.29 is 9.21 Å². The van der Waals surface area contributed by atoms with E-state index in [1.807, 2.05) is 24.8 Å². The monoisotopic (exact) mass is 370 g/mol. The van der Waals surface area contributed by atoms with E-state index in [1.54, 1.807) is 6.07 Å². The molecule has 0 N–H and O–H groups in total. The number of amides is 1. The van der Waals surface area contributed by atoms with Gasteiger partial charge in [0.05, 0.1) is 0 Å². The predicted molar refractivity (Wildman–Crippen MR) is 108 cm³/mol. The topological polar surface area (TPSA) is 53.8 Å². The van der Waals surface area contributed by atoms with Crippen LogP contribution in [0.5, 0.6) is 0 Å². The summed E-state index contributed by atoms with van der Waals surface area (Å²) in [5, 5.41) is 1.02. The molecule has 146 valence electrons. The molecule has 1 aliphatic rings. The van der Waals surface area contributed by atoms with Crippen LogP contribution < -0.4 is 5.63 Å². The first-order valence-corrected chi connectivity index (χ1v) is 9.84. The highest BCUT2D eigenvalue weighted by Crippen LogP contribution is 2.27. The maximum absolute atomic E-state index is 12.2. The molecular formula is C22H30N2O3. The van der Waals surface area contributed by atoms with Gasteiger partial charge < -0.3 is 9.32 Å². The van der Waals surface area contributed by atoms with Crippen molar-refractivity contribution in [3.05, 3.63) is 45.3 Å². The lowest BCUT2D eigenvalue weighted by Crippen LogP contribution is -2.49. The van der Waals surface area contributed by atoms with E-state index in [1.165, 1.54) is 5.56 Å². The van der Waals surface area contributed by atoms with Crippen LogP contribution in [-0.4, -0.2) is 41.9 Å². The number of aryl methyl sites for hydroxylation is 1. The van der Waals surface area contributed by atoms with Gasteiger partial charge in [0.25, 0.3) is 0 Å². The molecule has 3 rings (SSSR count). The molecule has 0 saturated carbocycles. The molecule has 0 spiro atoms. The van der Waals surface area contributed by atoms with Crippen molar-refractivity contribution in [2.24, 2.45) is 5.92 Å². The highest BCUT2D eigenvalue weighted by Gasteiger charge is 2.23. The average Bonchev–Trinajstić information content (AvgIpc) is 2.60. The number of benzene rings is 1. The molecule has 0 radical (unpaired) electrons. The summed E-state index contributed by atoms with van der Waals surface area (Å²) in [6, 6.07) is 5.77. The summed E-state index contributed by atoms with van der Waals surface area (Å²) in [7, 11) is 0. The number of rotatable bonds is 4. The van der Waals surface area contributed by atoms with Crippen LogP contribution in [0.2, 0.25) is 0 Å². The van der Waals surface area contributed by atoms with Gasteiger partial charge >= 0.3 is 5.63 Å². The molecule has 0 atom stereocenters. The number of carbonyl (C=O) groups is 1. The minimum absolute atomic E-state index is 0.0388. The average molecular weight is 370 g/mol. The van der Waals surface area contributed by atoms with Gasteiger partial charge in [-0.2, -0.15) is 0 Å². The first-order chi connectivity index (χ1) is 12.8. The Bertz CT molecular complexity index is 890. The SMILES string of the molecule is Cc1cc2oc(=O)cc(CN3CCN(C(=O)C(C)C)CC3)c2cc1C(C)C. The molecule has 2 aromatic rings. The zero-order valence-corrected chi connectivity index (χ0v) is 17.0. The summed E-state index contributed by atoms with van der Waals surface area (Å²) >= 11 is 0. The first-order valence-electron chi connectivity index (χ1n) is 9.84. The van der Waals surface area contributed by atoms with Gasteiger partial charge in [-0.15, -0.1) is 0 Å². The fourth-order valence-corrected chi connectivity index (χ4v) is 3.88. The Labute approximate surface area is 160 Å². The van der Waals surface area contributed by atoms with Crippen molar-refractivity contribution in [1.82, 2.24) is 9.80 Å². The van der Waals surface area contributed by atoms with Crippen molar-refractivity contribution in [3.63, 3.8) is 0 Å². The molecule has 2 heterocycles. The van der Waals surface area contributed by atoms with E-state index in [-0.39, 0.29) is 17.5 Å². The number of piperazine rings is 1. The third kappa shape index (κ3) is 4.24. The highest BCUT2D eigenvalue weighted by molar-refractivity contribution is 5.82. The molecule has 0 bridgehead atoms. The summed E-state index contributed by atoms with van der Waals surface area (Å²) < 4.78 is 5.45. The number of carbonyl (C=O) groups excluding carboxylic acids is 1. The Morgan fingerprint density at radius 2 is 1.74 bits per heavy atom. The van der Waals surface area contributed by atoms with Gasteiger partial charge in [-0.1, -0.05) is 27.7 Å². The van der Waals surface area contributed by atoms with Gasteiger partial charge in [0.2, 0.25) is 5.91 Å². The quantitative estimate of drug-likeness (QED) is 0.773. The third-order valence-electron chi connectivity index (χ3n) is 5.41. The lowest BCUT2D eigenvalue weighted by atomic mass is 9.95. The van der Waals surface area contributed by atoms with Gasteiger partial charge in [0, 0.05) is 50.1 Å². The molecule has 1 aliphatic heterocycles. The molecule has 5 heteroatoms. The van der Waals surface area contributed by atoms with E-state index in [9.17, 15) is 9.59 Å². The fraction of sp³-hybridized carbons (Fsp3) is 0.545. The molecule has 1 saturated heterocycles. The van der Waals surface area contributed by atoms with Gasteiger partial charge in [0.15, 0.2) is 0 Å². The molecule has 27 heavy (non-hydrogen) atoms. The lowest BCUT2D eigenvalue weighted by molar-refractivity contribution is -0.136. The van der Waals surface area contributed by atoms with Crippen molar-refractivity contribution in [3.8, 4) is 0 Å². The molecule has 1 fully saturated rings. The number of fused-ring (bicyclic) bond motifs is 1. The molecule has 5 nitrogen and oxygen atoms in total. The van der Waals surface area contributed by atoms with Crippen LogP contribution in [0.4, 0.5) is 0 Å². The molecule has 0 aliphatic carbocycles. The lowest BCUT2D eigenvalue weighted by Gasteiger charge is -2.35. The van der Waals surface area contributed by atoms with Crippen LogP contribution in [0.15, 0.2) is 27.4 Å². The predicted octanol–water partition coefficient (Wildman–Crippen LogP) is 3.53. The minimum Gasteiger partial charge on any atom is -0.423 e. The second-order valence-corrected chi connectivity index (χ2v) is 8.21. The molecule has 1 aromatic carbocycles. The van der Waals surface area contributed by atoms with Crippen molar-refractivity contribution in [1.29, 1.82) is 0 Å². The van der Waals surface area contributed by atoms with Crippen LogP contribution in [0.1, 0.15) is 50.3 Å². The van der Waals surface area contributed by atoms with E-state index in [2.05, 4.69) is 31.7 Å². The largest absolute Gasteiger partial charge is 0.423 e. The Morgan fingerprint density at radius 3 is 2.33 bits per heavy atom. The Balaban J connectivity index is 1.84. The second-order valence-electron chi connectivity index (χ2n) is 8.21. The first kappa shape index (κ1) is 19.6. The summed E-state index contributed by atoms with van der Waals surface area (Å²) in [6.07, 6.45) is 0. The zero-order valence-electron chi connectivity index (χ0n) is 17.0. The van der Waals surface area contributed by atoms with Gasteiger partial charge in [-0.05, 0) is 41.7 Å². The van der Waals surface area contributed by atoms with Gasteiger partial charge in [-0.25, -0.2) is 4.79 Å². The van der Waals surface area contributed by atoms with Crippen LogP contribution in [0.3, 0.4) is 0 Å². The summed E-state index contributed by atoms with van der Waals surface area (Å²) in [5.41, 5.74) is 3.80. The van der Waals surface area contributed by atoms with Crippen molar-refractivity contribution >= 4 is 16.9 Å². The standard InChI is InChI=1S/C22H30N2O3/c1-14(2)18-12-19-17(11-21(25)27-20(19)10-16(18)5)13-23-6-8-24(9-7-23)22(26)15(3)4/h10-12,14-15H,6-9,13H2,1-5H3. The Morgan fingerprint density at radius 1 is 1.07 bits per heavy atom. The third-order valence-corrected chi connectivity index (χ3v) is 5.41. The second kappa shape index (κ2) is 7.85. The van der Waals surface area contributed by atoms with Crippen LogP contribution in [-0.2, 0) is 11.3 Å². The molecule has 1 aromatic heterocycles. The van der Waals surface area contributed by atoms with Crippen LogP contribution in [0, 0.1) is 12.8 Å². The summed E-state index contributed by atoms with van der Waals surface area (Å²) in [4.78, 5) is 28.5. The van der Waals surface area contributed by atoms with E-state index >= 15 is 0 Å². The zero-order chi connectivity index (χ0) is 19.7. The number of hydrogen-bond donors (Lipinski definition) is 0.